The van der Waals surface area contributed by atoms with Crippen LogP contribution in [0, 0.1) is 0 Å². The summed E-state index contributed by atoms with van der Waals surface area (Å²) in [6, 6.07) is 0. The van der Waals surface area contributed by atoms with Crippen LogP contribution in [0.4, 0.5) is 0 Å². The molecule has 3 heteroatoms. The maximum absolute atomic E-state index is 4.20. The average Bonchev–Trinajstić information content (AvgIpc) is 2.17. The van der Waals surface area contributed by atoms with Crippen molar-refractivity contribution in [2.24, 2.45) is 0 Å². The minimum atomic E-state index is 0.986. The molecule has 0 amide bonds. The predicted octanol–water partition coefficient (Wildman–Crippen LogP) is 0.212. The highest BCUT2D eigenvalue weighted by Gasteiger charge is 2.05. The summed E-state index contributed by atoms with van der Waals surface area (Å²) < 4.78 is 0. The second kappa shape index (κ2) is 4.99. The quantitative estimate of drug-likeness (QED) is 0.562. The Kier molecular flexibility index (Phi) is 4.18. The monoisotopic (exact) mass is 160 g/mol. The van der Waals surface area contributed by atoms with E-state index in [2.05, 4.69) is 22.8 Å². The van der Waals surface area contributed by atoms with Crippen molar-refractivity contribution < 1.29 is 0 Å². The fourth-order valence-electron chi connectivity index (χ4n) is 1.27. The number of hydrogen-bond acceptors (Lipinski definition) is 3. The maximum atomic E-state index is 4.20. The van der Waals surface area contributed by atoms with Gasteiger partial charge in [-0.1, -0.05) is 0 Å². The van der Waals surface area contributed by atoms with E-state index in [0.717, 1.165) is 18.8 Å². The summed E-state index contributed by atoms with van der Waals surface area (Å²) >= 11 is 4.20. The van der Waals surface area contributed by atoms with Crippen molar-refractivity contribution in [1.29, 1.82) is 0 Å². The summed E-state index contributed by atoms with van der Waals surface area (Å²) in [5, 5.41) is 3.37. The summed E-state index contributed by atoms with van der Waals surface area (Å²) in [5.41, 5.74) is 0. The van der Waals surface area contributed by atoms with Crippen LogP contribution in [0.5, 0.6) is 0 Å². The van der Waals surface area contributed by atoms with Gasteiger partial charge in [-0.3, -0.25) is 0 Å². The standard InChI is InChI=1S/C7H16N2S/c10-7-6-9-4-1-2-8-3-5-9/h8,10H,1-7H2. The lowest BCUT2D eigenvalue weighted by atomic mass is 10.4. The first-order chi connectivity index (χ1) is 4.93. The van der Waals surface area contributed by atoms with Crippen molar-refractivity contribution in [3.8, 4) is 0 Å². The van der Waals surface area contributed by atoms with Crippen LogP contribution in [0.3, 0.4) is 0 Å². The minimum Gasteiger partial charge on any atom is -0.315 e. The highest BCUT2D eigenvalue weighted by Crippen LogP contribution is 1.94. The third-order valence-electron chi connectivity index (χ3n) is 1.85. The van der Waals surface area contributed by atoms with Gasteiger partial charge in [-0.15, -0.1) is 0 Å². The number of thiol groups is 1. The molecule has 1 saturated heterocycles. The Balaban J connectivity index is 2.15. The minimum absolute atomic E-state index is 0.986. The number of nitrogens with one attached hydrogen (secondary N) is 1. The molecule has 0 bridgehead atoms. The predicted molar refractivity (Wildman–Crippen MR) is 47.8 cm³/mol. The molecule has 60 valence electrons. The van der Waals surface area contributed by atoms with Crippen molar-refractivity contribution in [1.82, 2.24) is 10.2 Å². The molecule has 1 fully saturated rings. The van der Waals surface area contributed by atoms with Crippen molar-refractivity contribution in [3.05, 3.63) is 0 Å². The third-order valence-corrected chi connectivity index (χ3v) is 2.05. The normalized spacial score (nSPS) is 22.5. The molecule has 1 heterocycles. The Hall–Kier alpha value is 0.270. The Labute approximate surface area is 68.4 Å². The smallest absolute Gasteiger partial charge is 0.0107 e. The number of rotatable bonds is 2. The van der Waals surface area contributed by atoms with Gasteiger partial charge in [0.25, 0.3) is 0 Å². The van der Waals surface area contributed by atoms with Crippen molar-refractivity contribution in [3.63, 3.8) is 0 Å². The van der Waals surface area contributed by atoms with E-state index in [0.29, 0.717) is 0 Å². The molecule has 10 heavy (non-hydrogen) atoms. The van der Waals surface area contributed by atoms with Crippen LogP contribution in [0.25, 0.3) is 0 Å². The van der Waals surface area contributed by atoms with Gasteiger partial charge in [0.05, 0.1) is 0 Å². The first-order valence-corrected chi connectivity index (χ1v) is 4.60. The van der Waals surface area contributed by atoms with Crippen LogP contribution >= 0.6 is 12.6 Å². The van der Waals surface area contributed by atoms with E-state index >= 15 is 0 Å². The SMILES string of the molecule is SCCN1CCCNCC1. The van der Waals surface area contributed by atoms with Crippen LogP contribution < -0.4 is 5.32 Å². The topological polar surface area (TPSA) is 15.3 Å². The maximum Gasteiger partial charge on any atom is 0.0107 e. The summed E-state index contributed by atoms with van der Waals surface area (Å²) in [7, 11) is 0. The van der Waals surface area contributed by atoms with Crippen molar-refractivity contribution in [2.45, 2.75) is 6.42 Å². The molecule has 0 aromatic rings. The molecule has 0 aromatic heterocycles. The summed E-state index contributed by atoms with van der Waals surface area (Å²) in [6.45, 7) is 5.91. The van der Waals surface area contributed by atoms with Gasteiger partial charge in [-0.05, 0) is 19.5 Å². The number of hydrogen-bond donors (Lipinski definition) is 2. The fraction of sp³-hybridized carbons (Fsp3) is 1.00. The molecule has 0 radical (unpaired) electrons. The molecule has 1 N–H and O–H groups in total. The Morgan fingerprint density at radius 3 is 3.00 bits per heavy atom. The van der Waals surface area contributed by atoms with Crippen LogP contribution in [0.2, 0.25) is 0 Å². The lowest BCUT2D eigenvalue weighted by molar-refractivity contribution is 0.311. The van der Waals surface area contributed by atoms with Gasteiger partial charge in [0, 0.05) is 25.4 Å². The Bertz CT molecular complexity index is 79.7. The molecular formula is C7H16N2S. The third kappa shape index (κ3) is 2.90. The van der Waals surface area contributed by atoms with Gasteiger partial charge < -0.3 is 10.2 Å². The molecule has 0 spiro atoms. The van der Waals surface area contributed by atoms with Crippen molar-refractivity contribution >= 4 is 12.6 Å². The van der Waals surface area contributed by atoms with Gasteiger partial charge in [0.1, 0.15) is 0 Å². The van der Waals surface area contributed by atoms with E-state index in [1.807, 2.05) is 0 Å². The number of nitrogens with zero attached hydrogens (tertiary/aromatic N) is 1. The molecule has 1 aliphatic heterocycles. The molecule has 0 saturated carbocycles. The van der Waals surface area contributed by atoms with Crippen LogP contribution in [-0.4, -0.2) is 43.4 Å². The van der Waals surface area contributed by atoms with Gasteiger partial charge >= 0.3 is 0 Å². The molecule has 0 atom stereocenters. The lowest BCUT2D eigenvalue weighted by Gasteiger charge is -2.17. The Morgan fingerprint density at radius 1 is 1.30 bits per heavy atom. The molecule has 0 unspecified atom stereocenters. The van der Waals surface area contributed by atoms with Crippen molar-refractivity contribution in [2.75, 3.05) is 38.5 Å². The summed E-state index contributed by atoms with van der Waals surface area (Å²) in [5.74, 6) is 0.986. The summed E-state index contributed by atoms with van der Waals surface area (Å²) in [6.07, 6.45) is 1.29. The highest BCUT2D eigenvalue weighted by atomic mass is 32.1. The summed E-state index contributed by atoms with van der Waals surface area (Å²) in [4.78, 5) is 2.47. The molecule has 0 aliphatic carbocycles. The second-order valence-electron chi connectivity index (χ2n) is 2.67. The highest BCUT2D eigenvalue weighted by molar-refractivity contribution is 7.80. The zero-order chi connectivity index (χ0) is 7.23. The first-order valence-electron chi connectivity index (χ1n) is 3.97. The average molecular weight is 160 g/mol. The van der Waals surface area contributed by atoms with Gasteiger partial charge in [0.15, 0.2) is 0 Å². The van der Waals surface area contributed by atoms with E-state index in [-0.39, 0.29) is 0 Å². The molecule has 1 aliphatic rings. The van der Waals surface area contributed by atoms with E-state index < -0.39 is 0 Å². The largest absolute Gasteiger partial charge is 0.315 e. The van der Waals surface area contributed by atoms with Crippen LogP contribution in [-0.2, 0) is 0 Å². The second-order valence-corrected chi connectivity index (χ2v) is 3.12. The van der Waals surface area contributed by atoms with Crippen LogP contribution in [0.15, 0.2) is 0 Å². The van der Waals surface area contributed by atoms with E-state index in [9.17, 15) is 0 Å². The van der Waals surface area contributed by atoms with Gasteiger partial charge in [-0.25, -0.2) is 0 Å². The fourth-order valence-corrected chi connectivity index (χ4v) is 1.55. The zero-order valence-corrected chi connectivity index (χ0v) is 7.24. The van der Waals surface area contributed by atoms with E-state index in [1.165, 1.54) is 26.1 Å². The molecular weight excluding hydrogens is 144 g/mol. The zero-order valence-electron chi connectivity index (χ0n) is 6.34. The Morgan fingerprint density at radius 2 is 2.20 bits per heavy atom. The van der Waals surface area contributed by atoms with Gasteiger partial charge in [-0.2, -0.15) is 12.6 Å². The van der Waals surface area contributed by atoms with E-state index in [1.54, 1.807) is 0 Å². The lowest BCUT2D eigenvalue weighted by Crippen LogP contribution is -2.29. The van der Waals surface area contributed by atoms with Gasteiger partial charge in [0.2, 0.25) is 0 Å². The molecule has 2 nitrogen and oxygen atoms in total. The first kappa shape index (κ1) is 8.37. The van der Waals surface area contributed by atoms with E-state index in [4.69, 9.17) is 0 Å². The van der Waals surface area contributed by atoms with Crippen LogP contribution in [0.1, 0.15) is 6.42 Å². The molecule has 0 aromatic carbocycles. The molecule has 1 rings (SSSR count).